The average molecular weight is 326 g/mol. The molecule has 1 heterocycles. The van der Waals surface area contributed by atoms with Crippen LogP contribution in [0, 0.1) is 0 Å². The molecule has 1 aromatic heterocycles. The maximum absolute atomic E-state index is 12.4. The van der Waals surface area contributed by atoms with Gasteiger partial charge in [-0.25, -0.2) is 0 Å². The number of carbonyl (C=O) groups is 2. The predicted octanol–water partition coefficient (Wildman–Crippen LogP) is 1.81. The van der Waals surface area contributed by atoms with Crippen molar-refractivity contribution in [1.82, 2.24) is 15.1 Å². The number of nitrogens with zero attached hydrogens (tertiary/aromatic N) is 2. The van der Waals surface area contributed by atoms with Crippen molar-refractivity contribution in [2.24, 2.45) is 7.05 Å². The zero-order valence-corrected chi connectivity index (χ0v) is 12.0. The number of halogens is 3. The van der Waals surface area contributed by atoms with Gasteiger partial charge in [-0.15, -0.1) is 0 Å². The van der Waals surface area contributed by atoms with E-state index in [2.05, 4.69) is 15.7 Å². The van der Waals surface area contributed by atoms with Crippen molar-refractivity contribution in [3.05, 3.63) is 47.8 Å². The minimum atomic E-state index is -4.46. The van der Waals surface area contributed by atoms with E-state index < -0.39 is 23.6 Å². The van der Waals surface area contributed by atoms with Crippen LogP contribution in [0.5, 0.6) is 0 Å². The molecule has 1 aromatic carbocycles. The number of benzene rings is 1. The van der Waals surface area contributed by atoms with Crippen LogP contribution in [-0.2, 0) is 18.0 Å². The number of carbonyl (C=O) groups excluding carboxylic acids is 2. The third-order valence-electron chi connectivity index (χ3n) is 2.87. The molecule has 0 aliphatic rings. The quantitative estimate of drug-likeness (QED) is 0.900. The summed E-state index contributed by atoms with van der Waals surface area (Å²) >= 11 is 0. The van der Waals surface area contributed by atoms with Gasteiger partial charge in [0, 0.05) is 18.8 Å². The van der Waals surface area contributed by atoms with Crippen molar-refractivity contribution in [2.45, 2.75) is 6.18 Å². The summed E-state index contributed by atoms with van der Waals surface area (Å²) in [6, 6.07) is 3.73. The van der Waals surface area contributed by atoms with Crippen LogP contribution in [0.4, 0.5) is 18.9 Å². The molecule has 0 radical (unpaired) electrons. The van der Waals surface area contributed by atoms with Gasteiger partial charge >= 0.3 is 6.18 Å². The van der Waals surface area contributed by atoms with Crippen LogP contribution in [0.2, 0.25) is 0 Å². The van der Waals surface area contributed by atoms with Gasteiger partial charge in [0.15, 0.2) is 0 Å². The van der Waals surface area contributed by atoms with E-state index in [-0.39, 0.29) is 12.1 Å². The molecule has 2 rings (SSSR count). The predicted molar refractivity (Wildman–Crippen MR) is 75.6 cm³/mol. The lowest BCUT2D eigenvalue weighted by atomic mass is 10.1. The normalized spacial score (nSPS) is 11.1. The summed E-state index contributed by atoms with van der Waals surface area (Å²) in [7, 11) is 1.68. The molecule has 0 spiro atoms. The van der Waals surface area contributed by atoms with E-state index in [0.29, 0.717) is 5.69 Å². The van der Waals surface area contributed by atoms with Crippen molar-refractivity contribution in [3.63, 3.8) is 0 Å². The van der Waals surface area contributed by atoms with E-state index in [4.69, 9.17) is 0 Å². The summed E-state index contributed by atoms with van der Waals surface area (Å²) in [4.78, 5) is 23.4. The molecule has 6 nitrogen and oxygen atoms in total. The van der Waals surface area contributed by atoms with Gasteiger partial charge in [0.05, 0.1) is 24.0 Å². The Morgan fingerprint density at radius 3 is 2.39 bits per heavy atom. The van der Waals surface area contributed by atoms with Crippen molar-refractivity contribution < 1.29 is 22.8 Å². The topological polar surface area (TPSA) is 76.0 Å². The number of alkyl halides is 3. The van der Waals surface area contributed by atoms with Gasteiger partial charge < -0.3 is 10.6 Å². The van der Waals surface area contributed by atoms with Crippen LogP contribution in [0.1, 0.15) is 15.9 Å². The van der Waals surface area contributed by atoms with Crippen LogP contribution in [0.25, 0.3) is 0 Å². The molecule has 0 aliphatic heterocycles. The second kappa shape index (κ2) is 6.51. The van der Waals surface area contributed by atoms with E-state index in [0.717, 1.165) is 24.3 Å². The van der Waals surface area contributed by atoms with Gasteiger partial charge in [-0.3, -0.25) is 14.3 Å². The first kappa shape index (κ1) is 16.5. The summed E-state index contributed by atoms with van der Waals surface area (Å²) in [6.07, 6.45) is -1.44. The molecule has 0 unspecified atom stereocenters. The summed E-state index contributed by atoms with van der Waals surface area (Å²) in [5.41, 5.74) is -0.336. The van der Waals surface area contributed by atoms with Gasteiger partial charge in [-0.2, -0.15) is 18.3 Å². The molecular formula is C14H13F3N4O2. The number of aryl methyl sites for hydroxylation is 1. The molecule has 0 saturated carbocycles. The fourth-order valence-corrected chi connectivity index (χ4v) is 1.76. The maximum Gasteiger partial charge on any atom is 0.416 e. The first-order chi connectivity index (χ1) is 10.8. The third kappa shape index (κ3) is 4.56. The number of anilines is 1. The van der Waals surface area contributed by atoms with Gasteiger partial charge in [-0.1, -0.05) is 0 Å². The van der Waals surface area contributed by atoms with Gasteiger partial charge in [0.2, 0.25) is 5.91 Å². The molecule has 9 heteroatoms. The van der Waals surface area contributed by atoms with E-state index >= 15 is 0 Å². The Morgan fingerprint density at radius 1 is 1.22 bits per heavy atom. The first-order valence-electron chi connectivity index (χ1n) is 6.49. The number of aromatic nitrogens is 2. The second-order valence-corrected chi connectivity index (χ2v) is 4.71. The van der Waals surface area contributed by atoms with Gasteiger partial charge in [-0.05, 0) is 24.3 Å². The molecule has 0 fully saturated rings. The molecule has 2 aromatic rings. The molecule has 0 atom stereocenters. The summed E-state index contributed by atoms with van der Waals surface area (Å²) in [6.45, 7) is -0.311. The smallest absolute Gasteiger partial charge is 0.343 e. The van der Waals surface area contributed by atoms with Gasteiger partial charge in [0.1, 0.15) is 0 Å². The Bertz CT molecular complexity index is 708. The minimum Gasteiger partial charge on any atom is -0.343 e. The largest absolute Gasteiger partial charge is 0.416 e. The highest BCUT2D eigenvalue weighted by Crippen LogP contribution is 2.29. The Morgan fingerprint density at radius 2 is 1.87 bits per heavy atom. The van der Waals surface area contributed by atoms with E-state index in [1.807, 2.05) is 0 Å². The molecule has 0 bridgehead atoms. The first-order valence-corrected chi connectivity index (χ1v) is 6.49. The van der Waals surface area contributed by atoms with Crippen molar-refractivity contribution >= 4 is 17.5 Å². The van der Waals surface area contributed by atoms with Crippen molar-refractivity contribution in [3.8, 4) is 0 Å². The SMILES string of the molecule is Cn1cc(NC(=O)CNC(=O)c2ccc(C(F)(F)F)cc2)cn1. The fraction of sp³-hybridized carbons (Fsp3) is 0.214. The Kier molecular flexibility index (Phi) is 4.68. The van der Waals surface area contributed by atoms with Crippen molar-refractivity contribution in [2.75, 3.05) is 11.9 Å². The second-order valence-electron chi connectivity index (χ2n) is 4.71. The minimum absolute atomic E-state index is 0.0344. The molecule has 2 N–H and O–H groups in total. The summed E-state index contributed by atoms with van der Waals surface area (Å²) < 4.78 is 38.8. The lowest BCUT2D eigenvalue weighted by Gasteiger charge is -2.08. The summed E-state index contributed by atoms with van der Waals surface area (Å²) in [5, 5.41) is 8.70. The zero-order chi connectivity index (χ0) is 17.0. The molecule has 2 amide bonds. The summed E-state index contributed by atoms with van der Waals surface area (Å²) in [5.74, 6) is -1.11. The number of hydrogen-bond donors (Lipinski definition) is 2. The monoisotopic (exact) mass is 326 g/mol. The lowest BCUT2D eigenvalue weighted by molar-refractivity contribution is -0.137. The fourth-order valence-electron chi connectivity index (χ4n) is 1.76. The van der Waals surface area contributed by atoms with Crippen LogP contribution in [0.3, 0.4) is 0 Å². The molecule has 0 saturated heterocycles. The molecule has 23 heavy (non-hydrogen) atoms. The zero-order valence-electron chi connectivity index (χ0n) is 12.0. The van der Waals surface area contributed by atoms with Crippen LogP contribution < -0.4 is 10.6 Å². The number of rotatable bonds is 4. The Balaban J connectivity index is 1.88. The average Bonchev–Trinajstić information content (AvgIpc) is 2.89. The Hall–Kier alpha value is -2.84. The van der Waals surface area contributed by atoms with Crippen LogP contribution in [0.15, 0.2) is 36.7 Å². The van der Waals surface area contributed by atoms with Crippen LogP contribution >= 0.6 is 0 Å². The highest BCUT2D eigenvalue weighted by Gasteiger charge is 2.30. The van der Waals surface area contributed by atoms with E-state index in [9.17, 15) is 22.8 Å². The highest BCUT2D eigenvalue weighted by atomic mass is 19.4. The molecule has 122 valence electrons. The molecule has 0 aliphatic carbocycles. The number of hydrogen-bond acceptors (Lipinski definition) is 3. The third-order valence-corrected chi connectivity index (χ3v) is 2.87. The Labute approximate surface area is 129 Å². The molecular weight excluding hydrogens is 313 g/mol. The highest BCUT2D eigenvalue weighted by molar-refractivity contribution is 5.99. The standard InChI is InChI=1S/C14H13F3N4O2/c1-21-8-11(6-19-21)20-12(22)7-18-13(23)9-2-4-10(5-3-9)14(15,16)17/h2-6,8H,7H2,1H3,(H,18,23)(H,20,22). The van der Waals surface area contributed by atoms with Gasteiger partial charge in [0.25, 0.3) is 5.91 Å². The van der Waals surface area contributed by atoms with E-state index in [1.54, 1.807) is 13.2 Å². The number of nitrogens with one attached hydrogen (secondary N) is 2. The lowest BCUT2D eigenvalue weighted by Crippen LogP contribution is -2.32. The van der Waals surface area contributed by atoms with E-state index in [1.165, 1.54) is 10.9 Å². The van der Waals surface area contributed by atoms with Crippen molar-refractivity contribution in [1.29, 1.82) is 0 Å². The maximum atomic E-state index is 12.4. The van der Waals surface area contributed by atoms with Crippen LogP contribution in [-0.4, -0.2) is 28.1 Å². The number of amides is 2.